The van der Waals surface area contributed by atoms with Crippen LogP contribution in [-0.4, -0.2) is 5.11 Å². The summed E-state index contributed by atoms with van der Waals surface area (Å²) in [6.07, 6.45) is 3.20. The van der Waals surface area contributed by atoms with Crippen molar-refractivity contribution in [3.63, 3.8) is 0 Å². The smallest absolute Gasteiger partial charge is 0.0790 e. The molecule has 1 aliphatic rings. The van der Waals surface area contributed by atoms with E-state index in [0.717, 1.165) is 23.8 Å². The van der Waals surface area contributed by atoms with Crippen molar-refractivity contribution in [1.82, 2.24) is 0 Å². The quantitative estimate of drug-likeness (QED) is 0.773. The third-order valence-electron chi connectivity index (χ3n) is 3.27. The van der Waals surface area contributed by atoms with E-state index in [2.05, 4.69) is 6.92 Å². The molecule has 0 radical (unpaired) electrons. The molecule has 0 aromatic heterocycles. The Hall–Kier alpha value is -0.820. The Morgan fingerprint density at radius 1 is 1.36 bits per heavy atom. The molecule has 3 atom stereocenters. The predicted molar refractivity (Wildman–Crippen MR) is 57.9 cm³/mol. The van der Waals surface area contributed by atoms with Gasteiger partial charge in [0.25, 0.3) is 0 Å². The monoisotopic (exact) mass is 190 g/mol. The van der Waals surface area contributed by atoms with E-state index in [1.807, 2.05) is 30.3 Å². The van der Waals surface area contributed by atoms with Crippen LogP contribution in [0.1, 0.15) is 37.9 Å². The van der Waals surface area contributed by atoms with Gasteiger partial charge >= 0.3 is 0 Å². The molecule has 0 spiro atoms. The Morgan fingerprint density at radius 3 is 2.57 bits per heavy atom. The molecular formula is C13H18O. The molecule has 1 N–H and O–H groups in total. The van der Waals surface area contributed by atoms with Gasteiger partial charge in [0.1, 0.15) is 0 Å². The molecule has 1 aromatic rings. The number of hydrogen-bond donors (Lipinski definition) is 1. The molecule has 0 aliphatic heterocycles. The molecule has 1 saturated carbocycles. The summed E-state index contributed by atoms with van der Waals surface area (Å²) in [6, 6.07) is 9.96. The van der Waals surface area contributed by atoms with Crippen LogP contribution in [0.15, 0.2) is 30.3 Å². The summed E-state index contributed by atoms with van der Waals surface area (Å²) in [6.45, 7) is 2.29. The summed E-state index contributed by atoms with van der Waals surface area (Å²) in [5, 5.41) is 9.88. The molecule has 76 valence electrons. The van der Waals surface area contributed by atoms with Crippen LogP contribution in [0.2, 0.25) is 0 Å². The lowest BCUT2D eigenvalue weighted by Crippen LogP contribution is -1.97. The lowest BCUT2D eigenvalue weighted by Gasteiger charge is -2.09. The fourth-order valence-electron chi connectivity index (χ4n) is 2.02. The first kappa shape index (κ1) is 9.72. The van der Waals surface area contributed by atoms with Crippen LogP contribution in [0, 0.1) is 11.8 Å². The predicted octanol–water partition coefficient (Wildman–Crippen LogP) is 3.16. The van der Waals surface area contributed by atoms with E-state index < -0.39 is 0 Å². The Bertz CT molecular complexity index is 281. The molecule has 1 fully saturated rings. The van der Waals surface area contributed by atoms with Gasteiger partial charge in [-0.3, -0.25) is 0 Å². The number of aliphatic hydroxyl groups excluding tert-OH is 1. The summed E-state index contributed by atoms with van der Waals surface area (Å²) in [5.41, 5.74) is 1.06. The Kier molecular flexibility index (Phi) is 2.87. The highest BCUT2D eigenvalue weighted by atomic mass is 16.3. The third-order valence-corrected chi connectivity index (χ3v) is 3.27. The number of benzene rings is 1. The average molecular weight is 190 g/mol. The van der Waals surface area contributed by atoms with Gasteiger partial charge in [-0.15, -0.1) is 0 Å². The largest absolute Gasteiger partial charge is 0.388 e. The molecule has 0 heterocycles. The maximum absolute atomic E-state index is 9.88. The highest BCUT2D eigenvalue weighted by molar-refractivity contribution is 5.17. The van der Waals surface area contributed by atoms with Gasteiger partial charge < -0.3 is 5.11 Å². The molecule has 2 rings (SSSR count). The molecule has 1 aliphatic carbocycles. The fourth-order valence-corrected chi connectivity index (χ4v) is 2.02. The summed E-state index contributed by atoms with van der Waals surface area (Å²) in [5.74, 6) is 1.78. The van der Waals surface area contributed by atoms with Crippen molar-refractivity contribution in [2.75, 3.05) is 0 Å². The summed E-state index contributed by atoms with van der Waals surface area (Å²) in [7, 11) is 0. The Morgan fingerprint density at radius 2 is 2.00 bits per heavy atom. The molecular weight excluding hydrogens is 172 g/mol. The Labute approximate surface area is 85.8 Å². The van der Waals surface area contributed by atoms with E-state index in [-0.39, 0.29) is 6.10 Å². The van der Waals surface area contributed by atoms with E-state index in [0.29, 0.717) is 0 Å². The molecule has 3 unspecified atom stereocenters. The molecule has 1 heteroatoms. The van der Waals surface area contributed by atoms with Gasteiger partial charge in [0.05, 0.1) is 6.10 Å². The maximum Gasteiger partial charge on any atom is 0.0790 e. The van der Waals surface area contributed by atoms with Crippen LogP contribution in [0.3, 0.4) is 0 Å². The fraction of sp³-hybridized carbons (Fsp3) is 0.538. The zero-order valence-corrected chi connectivity index (χ0v) is 8.69. The lowest BCUT2D eigenvalue weighted by atomic mass is 10.0. The van der Waals surface area contributed by atoms with E-state index in [9.17, 15) is 5.11 Å². The first-order chi connectivity index (χ1) is 6.77. The van der Waals surface area contributed by atoms with E-state index in [4.69, 9.17) is 0 Å². The molecule has 0 saturated heterocycles. The first-order valence-electron chi connectivity index (χ1n) is 5.50. The molecule has 1 aromatic carbocycles. The van der Waals surface area contributed by atoms with Gasteiger partial charge in [0.2, 0.25) is 0 Å². The standard InChI is InChI=1S/C13H18O/c1-10-9-12(10)7-8-13(14)11-5-3-2-4-6-11/h2-6,10,12-14H,7-9H2,1H3. The number of hydrogen-bond acceptors (Lipinski definition) is 1. The molecule has 14 heavy (non-hydrogen) atoms. The van der Waals surface area contributed by atoms with Gasteiger partial charge in [-0.1, -0.05) is 37.3 Å². The highest BCUT2D eigenvalue weighted by Gasteiger charge is 2.32. The molecule has 1 nitrogen and oxygen atoms in total. The minimum absolute atomic E-state index is 0.260. The van der Waals surface area contributed by atoms with Gasteiger partial charge in [-0.25, -0.2) is 0 Å². The van der Waals surface area contributed by atoms with Crippen molar-refractivity contribution in [2.45, 2.75) is 32.3 Å². The zero-order valence-electron chi connectivity index (χ0n) is 8.69. The van der Waals surface area contributed by atoms with Crippen LogP contribution in [0.25, 0.3) is 0 Å². The van der Waals surface area contributed by atoms with Gasteiger partial charge in [0.15, 0.2) is 0 Å². The van der Waals surface area contributed by atoms with Crippen molar-refractivity contribution in [1.29, 1.82) is 0 Å². The zero-order chi connectivity index (χ0) is 9.97. The second kappa shape index (κ2) is 4.14. The lowest BCUT2D eigenvalue weighted by molar-refractivity contribution is 0.161. The maximum atomic E-state index is 9.88. The van der Waals surface area contributed by atoms with Gasteiger partial charge in [0, 0.05) is 0 Å². The van der Waals surface area contributed by atoms with Crippen molar-refractivity contribution < 1.29 is 5.11 Å². The minimum atomic E-state index is -0.260. The van der Waals surface area contributed by atoms with Crippen LogP contribution in [0.4, 0.5) is 0 Å². The minimum Gasteiger partial charge on any atom is -0.388 e. The van der Waals surface area contributed by atoms with Crippen LogP contribution in [-0.2, 0) is 0 Å². The van der Waals surface area contributed by atoms with Crippen LogP contribution in [0.5, 0.6) is 0 Å². The van der Waals surface area contributed by atoms with E-state index >= 15 is 0 Å². The van der Waals surface area contributed by atoms with Crippen molar-refractivity contribution in [3.8, 4) is 0 Å². The van der Waals surface area contributed by atoms with Gasteiger partial charge in [-0.2, -0.15) is 0 Å². The topological polar surface area (TPSA) is 20.2 Å². The van der Waals surface area contributed by atoms with Crippen molar-refractivity contribution in [3.05, 3.63) is 35.9 Å². The van der Waals surface area contributed by atoms with E-state index in [1.165, 1.54) is 12.8 Å². The SMILES string of the molecule is CC1CC1CCC(O)c1ccccc1. The first-order valence-corrected chi connectivity index (χ1v) is 5.50. The second-order valence-electron chi connectivity index (χ2n) is 4.48. The second-order valence-corrected chi connectivity index (χ2v) is 4.48. The summed E-state index contributed by atoms with van der Waals surface area (Å²) < 4.78 is 0. The van der Waals surface area contributed by atoms with Gasteiger partial charge in [-0.05, 0) is 36.7 Å². The van der Waals surface area contributed by atoms with Crippen molar-refractivity contribution >= 4 is 0 Å². The number of rotatable bonds is 4. The van der Waals surface area contributed by atoms with Crippen molar-refractivity contribution in [2.24, 2.45) is 11.8 Å². The Balaban J connectivity index is 1.81. The van der Waals surface area contributed by atoms with Crippen LogP contribution >= 0.6 is 0 Å². The highest BCUT2D eigenvalue weighted by Crippen LogP contribution is 2.42. The third kappa shape index (κ3) is 2.36. The summed E-state index contributed by atoms with van der Waals surface area (Å²) in [4.78, 5) is 0. The molecule has 0 amide bonds. The average Bonchev–Trinajstić information content (AvgIpc) is 2.92. The van der Waals surface area contributed by atoms with Crippen LogP contribution < -0.4 is 0 Å². The molecule has 0 bridgehead atoms. The summed E-state index contributed by atoms with van der Waals surface area (Å²) >= 11 is 0. The van der Waals surface area contributed by atoms with E-state index in [1.54, 1.807) is 0 Å². The normalized spacial score (nSPS) is 27.3. The number of aliphatic hydroxyl groups is 1.